The zero-order valence-corrected chi connectivity index (χ0v) is 10.6. The Kier molecular flexibility index (Phi) is 4.62. The Hall–Kier alpha value is -1.43. The molecule has 0 saturated carbocycles. The molecule has 1 heterocycles. The molecule has 0 aliphatic heterocycles. The summed E-state index contributed by atoms with van der Waals surface area (Å²) in [6, 6.07) is 0.848. The normalized spacial score (nSPS) is 10.8. The van der Waals surface area contributed by atoms with Crippen molar-refractivity contribution in [1.29, 1.82) is 0 Å². The third-order valence-corrected chi connectivity index (χ3v) is 2.39. The summed E-state index contributed by atoms with van der Waals surface area (Å²) in [5.41, 5.74) is 0. The van der Waals surface area contributed by atoms with Gasteiger partial charge in [-0.2, -0.15) is 0 Å². The number of halogens is 2. The number of pyridine rings is 1. The molecule has 0 aromatic carbocycles. The van der Waals surface area contributed by atoms with Crippen molar-refractivity contribution < 1.29 is 8.78 Å². The second-order valence-electron chi connectivity index (χ2n) is 4.10. The van der Waals surface area contributed by atoms with Gasteiger partial charge in [-0.3, -0.25) is 0 Å². The minimum Gasteiger partial charge on any atom is -0.371 e. The summed E-state index contributed by atoms with van der Waals surface area (Å²) in [4.78, 5) is 7.56. The van der Waals surface area contributed by atoms with Gasteiger partial charge in [0.25, 0.3) is 0 Å². The molecule has 0 saturated heterocycles. The van der Waals surface area contributed by atoms with Crippen LogP contribution in [0.15, 0.2) is 6.07 Å². The summed E-state index contributed by atoms with van der Waals surface area (Å²) in [5.74, 6) is -1.13. The van der Waals surface area contributed by atoms with E-state index in [0.717, 1.165) is 12.6 Å². The van der Waals surface area contributed by atoms with E-state index in [1.165, 1.54) is 0 Å². The zero-order valence-electron chi connectivity index (χ0n) is 10.6. The largest absolute Gasteiger partial charge is 0.371 e. The molecule has 1 aromatic rings. The highest BCUT2D eigenvalue weighted by molar-refractivity contribution is 5.48. The van der Waals surface area contributed by atoms with E-state index in [0.29, 0.717) is 6.54 Å². The number of hydrogen-bond donors (Lipinski definition) is 1. The summed E-state index contributed by atoms with van der Waals surface area (Å²) >= 11 is 0. The Labute approximate surface area is 100 Å². The number of nitrogens with one attached hydrogen (secondary N) is 1. The smallest absolute Gasteiger partial charge is 0.168 e. The number of aromatic nitrogens is 1. The Bertz CT molecular complexity index is 382. The maximum atomic E-state index is 13.6. The summed E-state index contributed by atoms with van der Waals surface area (Å²) in [5, 5.41) is 2.59. The van der Waals surface area contributed by atoms with Gasteiger partial charge in [0.1, 0.15) is 0 Å². The molecule has 96 valence electrons. The summed E-state index contributed by atoms with van der Waals surface area (Å²) in [6.07, 6.45) is 0. The molecule has 17 heavy (non-hydrogen) atoms. The molecule has 4 nitrogen and oxygen atoms in total. The van der Waals surface area contributed by atoms with Crippen LogP contribution in [0, 0.1) is 11.6 Å². The van der Waals surface area contributed by atoms with E-state index >= 15 is 0 Å². The fraction of sp³-hybridized carbons (Fsp3) is 0.545. The van der Waals surface area contributed by atoms with Crippen LogP contribution in [0.2, 0.25) is 0 Å². The Balaban J connectivity index is 2.89. The lowest BCUT2D eigenvalue weighted by atomic mass is 10.3. The van der Waals surface area contributed by atoms with Crippen molar-refractivity contribution in [2.45, 2.75) is 0 Å². The molecule has 1 aromatic heterocycles. The Morgan fingerprint density at radius 1 is 1.18 bits per heavy atom. The highest BCUT2D eigenvalue weighted by Gasteiger charge is 2.14. The van der Waals surface area contributed by atoms with Gasteiger partial charge in [-0.15, -0.1) is 0 Å². The first-order valence-corrected chi connectivity index (χ1v) is 5.35. The van der Waals surface area contributed by atoms with Crippen molar-refractivity contribution in [3.63, 3.8) is 0 Å². The molecule has 0 unspecified atom stereocenters. The van der Waals surface area contributed by atoms with Crippen LogP contribution in [0.25, 0.3) is 0 Å². The fourth-order valence-electron chi connectivity index (χ4n) is 1.36. The first kappa shape index (κ1) is 13.6. The van der Waals surface area contributed by atoms with Crippen LogP contribution in [-0.2, 0) is 0 Å². The van der Waals surface area contributed by atoms with Gasteiger partial charge in [0.15, 0.2) is 23.3 Å². The van der Waals surface area contributed by atoms with Gasteiger partial charge in [0.2, 0.25) is 0 Å². The standard InChI is InChI=1S/C11H18F2N4/c1-14-10-8(12)7-9(13)11(15-10)17(4)6-5-16(2)3/h7H,5-6H2,1-4H3,(H,14,15). The third kappa shape index (κ3) is 3.52. The van der Waals surface area contributed by atoms with E-state index < -0.39 is 11.6 Å². The fourth-order valence-corrected chi connectivity index (χ4v) is 1.36. The van der Waals surface area contributed by atoms with Crippen LogP contribution in [0.1, 0.15) is 0 Å². The van der Waals surface area contributed by atoms with Gasteiger partial charge in [-0.1, -0.05) is 0 Å². The molecular weight excluding hydrogens is 226 g/mol. The number of rotatable bonds is 5. The van der Waals surface area contributed by atoms with E-state index in [2.05, 4.69) is 10.3 Å². The molecule has 0 bridgehead atoms. The van der Waals surface area contributed by atoms with Gasteiger partial charge < -0.3 is 15.1 Å². The van der Waals surface area contributed by atoms with Crippen molar-refractivity contribution >= 4 is 11.6 Å². The van der Waals surface area contributed by atoms with E-state index in [-0.39, 0.29) is 11.6 Å². The van der Waals surface area contributed by atoms with E-state index in [1.54, 1.807) is 19.0 Å². The molecule has 0 atom stereocenters. The van der Waals surface area contributed by atoms with Gasteiger partial charge in [0.05, 0.1) is 0 Å². The number of likely N-dealkylation sites (N-methyl/N-ethyl adjacent to an activating group) is 2. The quantitative estimate of drug-likeness (QED) is 0.848. The molecule has 1 N–H and O–H groups in total. The van der Waals surface area contributed by atoms with E-state index in [1.807, 2.05) is 19.0 Å². The first-order valence-electron chi connectivity index (χ1n) is 5.35. The van der Waals surface area contributed by atoms with Crippen LogP contribution >= 0.6 is 0 Å². The van der Waals surface area contributed by atoms with Gasteiger partial charge in [-0.05, 0) is 14.1 Å². The van der Waals surface area contributed by atoms with Crippen molar-refractivity contribution in [1.82, 2.24) is 9.88 Å². The lowest BCUT2D eigenvalue weighted by Gasteiger charge is -2.21. The molecule has 6 heteroatoms. The minimum absolute atomic E-state index is 0.0538. The summed E-state index contributed by atoms with van der Waals surface area (Å²) < 4.78 is 26.8. The van der Waals surface area contributed by atoms with Gasteiger partial charge >= 0.3 is 0 Å². The Morgan fingerprint density at radius 3 is 2.35 bits per heavy atom. The average Bonchev–Trinajstić information content (AvgIpc) is 2.26. The van der Waals surface area contributed by atoms with Crippen molar-refractivity contribution in [3.05, 3.63) is 17.7 Å². The van der Waals surface area contributed by atoms with Crippen molar-refractivity contribution in [2.24, 2.45) is 0 Å². The Morgan fingerprint density at radius 2 is 1.82 bits per heavy atom. The number of anilines is 2. The van der Waals surface area contributed by atoms with Crippen LogP contribution < -0.4 is 10.2 Å². The second kappa shape index (κ2) is 5.77. The molecule has 0 amide bonds. The first-order chi connectivity index (χ1) is 7.95. The van der Waals surface area contributed by atoms with Gasteiger partial charge in [-0.25, -0.2) is 13.8 Å². The summed E-state index contributed by atoms with van der Waals surface area (Å²) in [6.45, 7) is 1.38. The molecule has 0 spiro atoms. The van der Waals surface area contributed by atoms with Crippen LogP contribution in [0.3, 0.4) is 0 Å². The van der Waals surface area contributed by atoms with Gasteiger partial charge in [0, 0.05) is 33.3 Å². The highest BCUT2D eigenvalue weighted by Crippen LogP contribution is 2.20. The molecule has 1 rings (SSSR count). The maximum Gasteiger partial charge on any atom is 0.168 e. The van der Waals surface area contributed by atoms with Crippen molar-refractivity contribution in [3.8, 4) is 0 Å². The lowest BCUT2D eigenvalue weighted by molar-refractivity contribution is 0.415. The topological polar surface area (TPSA) is 31.4 Å². The molecular formula is C11H18F2N4. The molecule has 0 fully saturated rings. The SMILES string of the molecule is CNc1nc(N(C)CCN(C)C)c(F)cc1F. The van der Waals surface area contributed by atoms with Crippen LogP contribution in [-0.4, -0.2) is 51.2 Å². The predicted molar refractivity (Wildman–Crippen MR) is 65.5 cm³/mol. The number of nitrogens with zero attached hydrogens (tertiary/aromatic N) is 3. The number of hydrogen-bond acceptors (Lipinski definition) is 4. The predicted octanol–water partition coefficient (Wildman–Crippen LogP) is 1.40. The zero-order chi connectivity index (χ0) is 13.0. The van der Waals surface area contributed by atoms with Crippen LogP contribution in [0.4, 0.5) is 20.4 Å². The van der Waals surface area contributed by atoms with Crippen molar-refractivity contribution in [2.75, 3.05) is 51.5 Å². The molecule has 0 radical (unpaired) electrons. The minimum atomic E-state index is -0.685. The van der Waals surface area contributed by atoms with E-state index in [9.17, 15) is 8.78 Å². The highest BCUT2D eigenvalue weighted by atomic mass is 19.1. The lowest BCUT2D eigenvalue weighted by Crippen LogP contribution is -2.29. The maximum absolute atomic E-state index is 13.6. The third-order valence-electron chi connectivity index (χ3n) is 2.39. The average molecular weight is 244 g/mol. The molecule has 0 aliphatic rings. The molecule has 0 aliphatic carbocycles. The van der Waals surface area contributed by atoms with Crippen LogP contribution in [0.5, 0.6) is 0 Å². The van der Waals surface area contributed by atoms with E-state index in [4.69, 9.17) is 0 Å². The summed E-state index contributed by atoms with van der Waals surface area (Å²) in [7, 11) is 7.14. The monoisotopic (exact) mass is 244 g/mol. The second-order valence-corrected chi connectivity index (χ2v) is 4.10.